The Bertz CT molecular complexity index is 1290. The van der Waals surface area contributed by atoms with Crippen LogP contribution in [0.15, 0.2) is 72.9 Å². The van der Waals surface area contributed by atoms with E-state index < -0.39 is 6.10 Å². The first-order valence-corrected chi connectivity index (χ1v) is 29.4. The number of carbonyl (C=O) groups is 3. The minimum Gasteiger partial charge on any atom is -0.462 e. The first-order valence-electron chi connectivity index (χ1n) is 29.4. The highest BCUT2D eigenvalue weighted by molar-refractivity contribution is 5.71. The Morgan fingerprint density at radius 1 is 0.304 bits per heavy atom. The van der Waals surface area contributed by atoms with Crippen LogP contribution >= 0.6 is 0 Å². The molecule has 0 aliphatic heterocycles. The van der Waals surface area contributed by atoms with E-state index in [-0.39, 0.29) is 37.5 Å². The van der Waals surface area contributed by atoms with Crippen LogP contribution < -0.4 is 0 Å². The molecule has 0 amide bonds. The third-order valence-corrected chi connectivity index (χ3v) is 12.7. The lowest BCUT2D eigenvalue weighted by Gasteiger charge is -2.18. The van der Waals surface area contributed by atoms with Gasteiger partial charge in [0.15, 0.2) is 6.10 Å². The van der Waals surface area contributed by atoms with Gasteiger partial charge in [0.05, 0.1) is 0 Å². The second-order valence-corrected chi connectivity index (χ2v) is 19.5. The second kappa shape index (κ2) is 57.4. The number of allylic oxidation sites excluding steroid dienone is 12. The standard InChI is InChI=1S/C63H110O6/c1-4-7-10-13-16-19-22-25-27-29-31-33-35-38-41-44-47-50-53-56-62(65)68-59-60(58-67-61(64)55-52-49-46-43-40-37-24-21-18-15-12-9-6-3)69-63(66)57-54-51-48-45-42-39-36-34-32-30-28-26-23-20-17-14-11-8-5-2/h7,10,16,19,25,27,31,33,38,41,47,50,60H,4-6,8-9,11-15,17-18,20-24,26,28-30,32,34-37,39-40,42-46,48-49,51-59H2,1-3H3/b10-7-,19-16-,27-25-,33-31-,41-38-,50-47-/t60-/m1/s1. The van der Waals surface area contributed by atoms with Gasteiger partial charge in [0.25, 0.3) is 0 Å². The van der Waals surface area contributed by atoms with Crippen LogP contribution in [0, 0.1) is 0 Å². The summed E-state index contributed by atoms with van der Waals surface area (Å²) in [7, 11) is 0. The van der Waals surface area contributed by atoms with E-state index in [1.165, 1.54) is 167 Å². The molecule has 0 radical (unpaired) electrons. The van der Waals surface area contributed by atoms with Gasteiger partial charge < -0.3 is 14.2 Å². The van der Waals surface area contributed by atoms with Gasteiger partial charge >= 0.3 is 17.9 Å². The maximum Gasteiger partial charge on any atom is 0.306 e. The first-order chi connectivity index (χ1) is 34.0. The van der Waals surface area contributed by atoms with Gasteiger partial charge in [-0.15, -0.1) is 0 Å². The normalized spacial score (nSPS) is 12.6. The van der Waals surface area contributed by atoms with E-state index in [2.05, 4.69) is 87.6 Å². The van der Waals surface area contributed by atoms with Gasteiger partial charge in [-0.3, -0.25) is 14.4 Å². The van der Waals surface area contributed by atoms with Crippen molar-refractivity contribution < 1.29 is 28.6 Å². The molecule has 0 bridgehead atoms. The van der Waals surface area contributed by atoms with Crippen LogP contribution in [0.5, 0.6) is 0 Å². The van der Waals surface area contributed by atoms with Crippen molar-refractivity contribution in [3.8, 4) is 0 Å². The molecule has 0 fully saturated rings. The average Bonchev–Trinajstić information content (AvgIpc) is 3.35. The fourth-order valence-corrected chi connectivity index (χ4v) is 8.35. The van der Waals surface area contributed by atoms with Gasteiger partial charge in [-0.2, -0.15) is 0 Å². The molecule has 0 heterocycles. The predicted molar refractivity (Wildman–Crippen MR) is 298 cm³/mol. The van der Waals surface area contributed by atoms with Crippen molar-refractivity contribution in [2.45, 2.75) is 297 Å². The molecule has 0 rings (SSSR count). The summed E-state index contributed by atoms with van der Waals surface area (Å²) in [5.74, 6) is -0.969. The third kappa shape index (κ3) is 55.6. The molecule has 0 aromatic heterocycles. The van der Waals surface area contributed by atoms with Crippen molar-refractivity contribution in [2.24, 2.45) is 0 Å². The zero-order valence-electron chi connectivity index (χ0n) is 45.6. The molecule has 0 saturated carbocycles. The van der Waals surface area contributed by atoms with Gasteiger partial charge in [0, 0.05) is 19.3 Å². The molecule has 69 heavy (non-hydrogen) atoms. The average molecular weight is 964 g/mol. The fraction of sp³-hybridized carbons (Fsp3) is 0.762. The topological polar surface area (TPSA) is 78.9 Å². The van der Waals surface area contributed by atoms with E-state index in [4.69, 9.17) is 14.2 Å². The third-order valence-electron chi connectivity index (χ3n) is 12.7. The van der Waals surface area contributed by atoms with Crippen molar-refractivity contribution in [3.63, 3.8) is 0 Å². The summed E-state index contributed by atoms with van der Waals surface area (Å²) in [5, 5.41) is 0. The van der Waals surface area contributed by atoms with E-state index in [9.17, 15) is 14.4 Å². The molecule has 0 spiro atoms. The number of ether oxygens (including phenoxy) is 3. The maximum atomic E-state index is 12.9. The number of unbranched alkanes of at least 4 members (excludes halogenated alkanes) is 30. The fourth-order valence-electron chi connectivity index (χ4n) is 8.35. The van der Waals surface area contributed by atoms with Crippen LogP contribution in [0.1, 0.15) is 290 Å². The van der Waals surface area contributed by atoms with Gasteiger partial charge in [0.1, 0.15) is 13.2 Å². The molecule has 0 aliphatic carbocycles. The molecule has 6 nitrogen and oxygen atoms in total. The molecular formula is C63H110O6. The van der Waals surface area contributed by atoms with E-state index in [0.29, 0.717) is 19.3 Å². The van der Waals surface area contributed by atoms with E-state index >= 15 is 0 Å². The van der Waals surface area contributed by atoms with E-state index in [1.54, 1.807) is 0 Å². The minimum atomic E-state index is -0.803. The summed E-state index contributed by atoms with van der Waals surface area (Å²) in [6.45, 7) is 6.49. The zero-order valence-corrected chi connectivity index (χ0v) is 45.6. The van der Waals surface area contributed by atoms with Crippen LogP contribution in [0.4, 0.5) is 0 Å². The molecule has 6 heteroatoms. The van der Waals surface area contributed by atoms with Gasteiger partial charge in [0.2, 0.25) is 0 Å². The highest BCUT2D eigenvalue weighted by Crippen LogP contribution is 2.17. The molecule has 0 saturated heterocycles. The number of esters is 3. The highest BCUT2D eigenvalue weighted by atomic mass is 16.6. The molecule has 1 atom stereocenters. The van der Waals surface area contributed by atoms with Crippen LogP contribution in [-0.4, -0.2) is 37.2 Å². The number of hydrogen-bond acceptors (Lipinski definition) is 6. The molecule has 0 unspecified atom stereocenters. The van der Waals surface area contributed by atoms with Gasteiger partial charge in [-0.25, -0.2) is 0 Å². The van der Waals surface area contributed by atoms with Crippen LogP contribution in [0.25, 0.3) is 0 Å². The lowest BCUT2D eigenvalue weighted by Crippen LogP contribution is -2.30. The SMILES string of the molecule is CC/C=C\C/C=C\C/C=C\C/C=C\C/C=C\C/C=C\CCC(=O)OC[C@@H](COC(=O)CCCCCCCCCCCCCCC)OC(=O)CCCCCCCCCCCCCCCCCCCCC. The van der Waals surface area contributed by atoms with E-state index in [0.717, 1.165) is 77.0 Å². The Balaban J connectivity index is 4.44. The van der Waals surface area contributed by atoms with Crippen molar-refractivity contribution >= 4 is 17.9 Å². The maximum absolute atomic E-state index is 12.9. The van der Waals surface area contributed by atoms with Crippen LogP contribution in [-0.2, 0) is 28.6 Å². The molecule has 0 aromatic carbocycles. The molecule has 398 valence electrons. The van der Waals surface area contributed by atoms with Crippen molar-refractivity contribution in [1.82, 2.24) is 0 Å². The Morgan fingerprint density at radius 3 is 0.884 bits per heavy atom. The van der Waals surface area contributed by atoms with Crippen LogP contribution in [0.3, 0.4) is 0 Å². The van der Waals surface area contributed by atoms with Crippen LogP contribution in [0.2, 0.25) is 0 Å². The summed E-state index contributed by atoms with van der Waals surface area (Å²) in [6.07, 6.45) is 73.4. The summed E-state index contributed by atoms with van der Waals surface area (Å²) < 4.78 is 16.8. The number of carbonyl (C=O) groups excluding carboxylic acids is 3. The summed E-state index contributed by atoms with van der Waals surface area (Å²) in [4.78, 5) is 38.1. The highest BCUT2D eigenvalue weighted by Gasteiger charge is 2.19. The monoisotopic (exact) mass is 963 g/mol. The quantitative estimate of drug-likeness (QED) is 0.0262. The van der Waals surface area contributed by atoms with Crippen molar-refractivity contribution in [3.05, 3.63) is 72.9 Å². The first kappa shape index (κ1) is 65.8. The Hall–Kier alpha value is -3.15. The number of rotatable bonds is 53. The number of hydrogen-bond donors (Lipinski definition) is 0. The smallest absolute Gasteiger partial charge is 0.306 e. The molecule has 0 aliphatic rings. The summed E-state index contributed by atoms with van der Waals surface area (Å²) in [6, 6.07) is 0. The zero-order chi connectivity index (χ0) is 50.0. The van der Waals surface area contributed by atoms with E-state index in [1.807, 2.05) is 6.08 Å². The Labute approximate surface area is 427 Å². The second-order valence-electron chi connectivity index (χ2n) is 19.5. The summed E-state index contributed by atoms with van der Waals surface area (Å²) >= 11 is 0. The van der Waals surface area contributed by atoms with Gasteiger partial charge in [-0.1, -0.05) is 286 Å². The Morgan fingerprint density at radius 2 is 0.565 bits per heavy atom. The largest absolute Gasteiger partial charge is 0.462 e. The molecule has 0 aromatic rings. The van der Waals surface area contributed by atoms with Crippen molar-refractivity contribution in [2.75, 3.05) is 13.2 Å². The van der Waals surface area contributed by atoms with Gasteiger partial charge in [-0.05, 0) is 57.8 Å². The predicted octanol–water partition coefficient (Wildman–Crippen LogP) is 19.8. The molecule has 0 N–H and O–H groups in total. The Kier molecular flexibility index (Phi) is 54.8. The minimum absolute atomic E-state index is 0.0946. The summed E-state index contributed by atoms with van der Waals surface area (Å²) in [5.41, 5.74) is 0. The lowest BCUT2D eigenvalue weighted by atomic mass is 10.0. The lowest BCUT2D eigenvalue weighted by molar-refractivity contribution is -0.166. The van der Waals surface area contributed by atoms with Crippen molar-refractivity contribution in [1.29, 1.82) is 0 Å². The molecular weight excluding hydrogens is 853 g/mol.